The first-order chi connectivity index (χ1) is 9.76. The van der Waals surface area contributed by atoms with Crippen molar-refractivity contribution in [3.8, 4) is 11.3 Å². The number of nitrogens with two attached hydrogens (primary N) is 1. The van der Waals surface area contributed by atoms with Crippen molar-refractivity contribution in [3.05, 3.63) is 42.6 Å². The molecule has 0 aliphatic heterocycles. The van der Waals surface area contributed by atoms with Gasteiger partial charge in [0.1, 0.15) is 5.82 Å². The Morgan fingerprint density at radius 1 is 1.25 bits per heavy atom. The summed E-state index contributed by atoms with van der Waals surface area (Å²) < 4.78 is 0. The highest BCUT2D eigenvalue weighted by Crippen LogP contribution is 2.21. The highest BCUT2D eigenvalue weighted by molar-refractivity contribution is 5.80. The van der Waals surface area contributed by atoms with E-state index in [0.717, 1.165) is 34.5 Å². The van der Waals surface area contributed by atoms with E-state index in [1.54, 1.807) is 12.5 Å². The molecule has 0 aliphatic rings. The van der Waals surface area contributed by atoms with Crippen LogP contribution in [-0.2, 0) is 6.42 Å². The van der Waals surface area contributed by atoms with Gasteiger partial charge in [0.25, 0.3) is 0 Å². The minimum Gasteiger partial charge on any atom is -0.345 e. The number of rotatable bonds is 4. The van der Waals surface area contributed by atoms with Gasteiger partial charge in [-0.1, -0.05) is 13.0 Å². The standard InChI is InChI=1S/C15H17N5/c1-10(8-16)6-15-17-5-4-12(20-15)11-2-3-13-14(7-11)19-9-18-13/h2-5,7,9-10H,6,8,16H2,1H3,(H,18,19). The van der Waals surface area contributed by atoms with E-state index in [1.807, 2.05) is 18.2 Å². The summed E-state index contributed by atoms with van der Waals surface area (Å²) in [6.07, 6.45) is 4.30. The largest absolute Gasteiger partial charge is 0.345 e. The second-order valence-corrected chi connectivity index (χ2v) is 5.04. The van der Waals surface area contributed by atoms with Gasteiger partial charge < -0.3 is 10.7 Å². The first kappa shape index (κ1) is 12.7. The van der Waals surface area contributed by atoms with E-state index in [4.69, 9.17) is 5.73 Å². The van der Waals surface area contributed by atoms with Crippen LogP contribution in [0.2, 0.25) is 0 Å². The fraction of sp³-hybridized carbons (Fsp3) is 0.267. The molecule has 5 nitrogen and oxygen atoms in total. The number of imidazole rings is 1. The first-order valence-corrected chi connectivity index (χ1v) is 6.72. The average molecular weight is 267 g/mol. The smallest absolute Gasteiger partial charge is 0.129 e. The molecule has 0 fully saturated rings. The van der Waals surface area contributed by atoms with Crippen LogP contribution in [0.3, 0.4) is 0 Å². The first-order valence-electron chi connectivity index (χ1n) is 6.72. The molecule has 2 aromatic heterocycles. The fourth-order valence-electron chi connectivity index (χ4n) is 2.15. The van der Waals surface area contributed by atoms with E-state index in [2.05, 4.69) is 32.9 Å². The summed E-state index contributed by atoms with van der Waals surface area (Å²) in [6.45, 7) is 2.75. The van der Waals surface area contributed by atoms with Crippen LogP contribution in [-0.4, -0.2) is 26.5 Å². The maximum atomic E-state index is 5.65. The van der Waals surface area contributed by atoms with Gasteiger partial charge in [-0.15, -0.1) is 0 Å². The molecule has 3 aromatic rings. The van der Waals surface area contributed by atoms with E-state index < -0.39 is 0 Å². The van der Waals surface area contributed by atoms with Crippen LogP contribution < -0.4 is 5.73 Å². The Bertz CT molecular complexity index is 719. The number of fused-ring (bicyclic) bond motifs is 1. The summed E-state index contributed by atoms with van der Waals surface area (Å²) in [5.41, 5.74) is 9.61. The topological polar surface area (TPSA) is 80.5 Å². The number of benzene rings is 1. The predicted octanol–water partition coefficient (Wildman–Crippen LogP) is 2.16. The van der Waals surface area contributed by atoms with Crippen molar-refractivity contribution >= 4 is 11.0 Å². The summed E-state index contributed by atoms with van der Waals surface area (Å²) >= 11 is 0. The summed E-state index contributed by atoms with van der Waals surface area (Å²) in [6, 6.07) is 8.00. The second kappa shape index (κ2) is 5.38. The molecule has 0 radical (unpaired) electrons. The van der Waals surface area contributed by atoms with Gasteiger partial charge in [0, 0.05) is 18.2 Å². The predicted molar refractivity (Wildman–Crippen MR) is 79.0 cm³/mol. The minimum absolute atomic E-state index is 0.389. The molecule has 0 saturated carbocycles. The molecule has 1 aromatic carbocycles. The Labute approximate surface area is 117 Å². The second-order valence-electron chi connectivity index (χ2n) is 5.04. The Kier molecular flexibility index (Phi) is 3.43. The molecule has 0 bridgehead atoms. The van der Waals surface area contributed by atoms with E-state index >= 15 is 0 Å². The fourth-order valence-corrected chi connectivity index (χ4v) is 2.15. The molecule has 5 heteroatoms. The number of hydrogen-bond donors (Lipinski definition) is 2. The molecule has 0 aliphatic carbocycles. The van der Waals surface area contributed by atoms with Gasteiger partial charge in [0.15, 0.2) is 0 Å². The zero-order valence-corrected chi connectivity index (χ0v) is 11.4. The monoisotopic (exact) mass is 267 g/mol. The summed E-state index contributed by atoms with van der Waals surface area (Å²) in [5, 5.41) is 0. The Hall–Kier alpha value is -2.27. The molecule has 3 rings (SSSR count). The van der Waals surface area contributed by atoms with Crippen LogP contribution in [0.15, 0.2) is 36.8 Å². The molecule has 0 saturated heterocycles. The lowest BCUT2D eigenvalue weighted by Crippen LogP contribution is -2.14. The minimum atomic E-state index is 0.389. The van der Waals surface area contributed by atoms with Crippen molar-refractivity contribution in [2.75, 3.05) is 6.54 Å². The maximum Gasteiger partial charge on any atom is 0.129 e. The molecule has 102 valence electrons. The molecular formula is C15H17N5. The lowest BCUT2D eigenvalue weighted by atomic mass is 10.1. The van der Waals surface area contributed by atoms with Gasteiger partial charge in [-0.25, -0.2) is 15.0 Å². The number of nitrogens with zero attached hydrogens (tertiary/aromatic N) is 3. The molecule has 1 atom stereocenters. The number of nitrogens with one attached hydrogen (secondary N) is 1. The van der Waals surface area contributed by atoms with E-state index in [1.165, 1.54) is 0 Å². The number of aromatic amines is 1. The summed E-state index contributed by atoms with van der Waals surface area (Å²) in [5.74, 6) is 1.23. The third-order valence-electron chi connectivity index (χ3n) is 3.35. The van der Waals surface area contributed by atoms with Crippen LogP contribution in [0.25, 0.3) is 22.3 Å². The van der Waals surface area contributed by atoms with Gasteiger partial charge in [-0.2, -0.15) is 0 Å². The molecule has 20 heavy (non-hydrogen) atoms. The Balaban J connectivity index is 1.94. The SMILES string of the molecule is CC(CN)Cc1nccc(-c2ccc3nc[nH]c3c2)n1. The van der Waals surface area contributed by atoms with E-state index in [0.29, 0.717) is 12.5 Å². The quantitative estimate of drug-likeness (QED) is 0.759. The van der Waals surface area contributed by atoms with Crippen LogP contribution in [0.5, 0.6) is 0 Å². The van der Waals surface area contributed by atoms with Gasteiger partial charge in [-0.3, -0.25) is 0 Å². The lowest BCUT2D eigenvalue weighted by molar-refractivity contribution is 0.574. The van der Waals surface area contributed by atoms with Crippen LogP contribution in [0.1, 0.15) is 12.7 Å². The van der Waals surface area contributed by atoms with Crippen LogP contribution >= 0.6 is 0 Å². The zero-order valence-electron chi connectivity index (χ0n) is 11.4. The Morgan fingerprint density at radius 2 is 2.15 bits per heavy atom. The third kappa shape index (κ3) is 2.53. The van der Waals surface area contributed by atoms with Crippen LogP contribution in [0, 0.1) is 5.92 Å². The maximum absolute atomic E-state index is 5.65. The van der Waals surface area contributed by atoms with Crippen molar-refractivity contribution in [2.45, 2.75) is 13.3 Å². The van der Waals surface area contributed by atoms with Crippen molar-refractivity contribution < 1.29 is 0 Å². The molecular weight excluding hydrogens is 250 g/mol. The van der Waals surface area contributed by atoms with Gasteiger partial charge in [0.05, 0.1) is 23.1 Å². The highest BCUT2D eigenvalue weighted by Gasteiger charge is 2.07. The summed E-state index contributed by atoms with van der Waals surface area (Å²) in [4.78, 5) is 16.3. The van der Waals surface area contributed by atoms with Crippen molar-refractivity contribution in [1.29, 1.82) is 0 Å². The molecule has 0 spiro atoms. The molecule has 3 N–H and O–H groups in total. The van der Waals surface area contributed by atoms with Gasteiger partial charge in [-0.05, 0) is 30.7 Å². The van der Waals surface area contributed by atoms with Gasteiger partial charge >= 0.3 is 0 Å². The van der Waals surface area contributed by atoms with E-state index in [9.17, 15) is 0 Å². The third-order valence-corrected chi connectivity index (χ3v) is 3.35. The summed E-state index contributed by atoms with van der Waals surface area (Å²) in [7, 11) is 0. The number of aromatic nitrogens is 4. The van der Waals surface area contributed by atoms with E-state index in [-0.39, 0.29) is 0 Å². The van der Waals surface area contributed by atoms with Crippen molar-refractivity contribution in [2.24, 2.45) is 11.7 Å². The molecule has 0 amide bonds. The number of hydrogen-bond acceptors (Lipinski definition) is 4. The number of H-pyrrole nitrogens is 1. The van der Waals surface area contributed by atoms with Crippen molar-refractivity contribution in [1.82, 2.24) is 19.9 Å². The van der Waals surface area contributed by atoms with Crippen molar-refractivity contribution in [3.63, 3.8) is 0 Å². The highest BCUT2D eigenvalue weighted by atomic mass is 14.9. The average Bonchev–Trinajstić information content (AvgIpc) is 2.94. The Morgan fingerprint density at radius 3 is 3.00 bits per heavy atom. The normalized spacial score (nSPS) is 12.7. The van der Waals surface area contributed by atoms with Gasteiger partial charge in [0.2, 0.25) is 0 Å². The lowest BCUT2D eigenvalue weighted by Gasteiger charge is -2.08. The van der Waals surface area contributed by atoms with Crippen LogP contribution in [0.4, 0.5) is 0 Å². The molecule has 2 heterocycles. The molecule has 1 unspecified atom stereocenters. The zero-order chi connectivity index (χ0) is 13.9.